The van der Waals surface area contributed by atoms with Gasteiger partial charge in [0.1, 0.15) is 0 Å². The molecule has 126 valence electrons. The Kier molecular flexibility index (Phi) is 4.62. The van der Waals surface area contributed by atoms with E-state index in [9.17, 15) is 9.90 Å². The molecule has 1 aromatic carbocycles. The predicted molar refractivity (Wildman–Crippen MR) is 92.6 cm³/mol. The summed E-state index contributed by atoms with van der Waals surface area (Å²) in [4.78, 5) is 14.3. The zero-order valence-electron chi connectivity index (χ0n) is 14.3. The van der Waals surface area contributed by atoms with Crippen LogP contribution in [0.25, 0.3) is 0 Å². The molecule has 0 bridgehead atoms. The van der Waals surface area contributed by atoms with E-state index in [1.807, 2.05) is 30.9 Å². The first-order valence-electron chi connectivity index (χ1n) is 8.83. The third-order valence-corrected chi connectivity index (χ3v) is 5.50. The molecule has 2 fully saturated rings. The van der Waals surface area contributed by atoms with Crippen LogP contribution in [-0.4, -0.2) is 34.7 Å². The van der Waals surface area contributed by atoms with Crippen LogP contribution in [0.4, 0.5) is 10.5 Å². The van der Waals surface area contributed by atoms with Crippen molar-refractivity contribution in [2.24, 2.45) is 5.92 Å². The van der Waals surface area contributed by atoms with Gasteiger partial charge in [0.05, 0.1) is 5.60 Å². The molecule has 23 heavy (non-hydrogen) atoms. The predicted octanol–water partition coefficient (Wildman–Crippen LogP) is 3.85. The number of nitrogens with zero attached hydrogens (tertiary/aromatic N) is 1. The van der Waals surface area contributed by atoms with Gasteiger partial charge in [0.25, 0.3) is 0 Å². The first-order chi connectivity index (χ1) is 11.0. The van der Waals surface area contributed by atoms with Crippen molar-refractivity contribution in [3.05, 3.63) is 29.3 Å². The Morgan fingerprint density at radius 2 is 1.70 bits per heavy atom. The molecule has 1 aromatic rings. The lowest BCUT2D eigenvalue weighted by Gasteiger charge is -2.41. The molecule has 0 aromatic heterocycles. The number of hydrogen-bond donors (Lipinski definition) is 2. The SMILES string of the molecule is Cc1cc(C)cc(NC(=O)N2CCC(O)(C3CCCC3)CC2)c1. The summed E-state index contributed by atoms with van der Waals surface area (Å²) in [6, 6.07) is 6.02. The van der Waals surface area contributed by atoms with Crippen molar-refractivity contribution in [2.75, 3.05) is 18.4 Å². The van der Waals surface area contributed by atoms with E-state index in [4.69, 9.17) is 0 Å². The normalized spacial score (nSPS) is 21.4. The molecule has 1 aliphatic carbocycles. The summed E-state index contributed by atoms with van der Waals surface area (Å²) in [6.45, 7) is 5.35. The van der Waals surface area contributed by atoms with Crippen molar-refractivity contribution in [3.8, 4) is 0 Å². The van der Waals surface area contributed by atoms with Crippen LogP contribution in [0.3, 0.4) is 0 Å². The summed E-state index contributed by atoms with van der Waals surface area (Å²) >= 11 is 0. The van der Waals surface area contributed by atoms with Crippen LogP contribution in [0.1, 0.15) is 49.7 Å². The lowest BCUT2D eigenvalue weighted by molar-refractivity contribution is -0.0574. The highest BCUT2D eigenvalue weighted by molar-refractivity contribution is 5.89. The van der Waals surface area contributed by atoms with Crippen molar-refractivity contribution in [1.82, 2.24) is 4.90 Å². The Morgan fingerprint density at radius 1 is 1.13 bits per heavy atom. The second kappa shape index (κ2) is 6.52. The number of aryl methyl sites for hydroxylation is 2. The summed E-state index contributed by atoms with van der Waals surface area (Å²) in [5.41, 5.74) is 2.60. The van der Waals surface area contributed by atoms with Crippen molar-refractivity contribution in [1.29, 1.82) is 0 Å². The summed E-state index contributed by atoms with van der Waals surface area (Å²) in [5.74, 6) is 0.437. The summed E-state index contributed by atoms with van der Waals surface area (Å²) in [7, 11) is 0. The first-order valence-corrected chi connectivity index (χ1v) is 8.83. The molecule has 0 radical (unpaired) electrons. The van der Waals surface area contributed by atoms with Crippen molar-refractivity contribution in [2.45, 2.75) is 58.0 Å². The number of rotatable bonds is 2. The number of carbonyl (C=O) groups is 1. The van der Waals surface area contributed by atoms with Crippen LogP contribution >= 0.6 is 0 Å². The second-order valence-corrected chi connectivity index (χ2v) is 7.38. The van der Waals surface area contributed by atoms with Gasteiger partial charge in [0, 0.05) is 18.8 Å². The zero-order valence-corrected chi connectivity index (χ0v) is 14.3. The van der Waals surface area contributed by atoms with E-state index in [2.05, 4.69) is 11.4 Å². The van der Waals surface area contributed by atoms with Crippen molar-refractivity contribution < 1.29 is 9.90 Å². The molecule has 0 unspecified atom stereocenters. The number of amides is 2. The Hall–Kier alpha value is -1.55. The molecule has 2 aliphatic rings. The van der Waals surface area contributed by atoms with E-state index in [0.717, 1.165) is 29.7 Å². The Bertz CT molecular complexity index is 550. The van der Waals surface area contributed by atoms with E-state index in [1.165, 1.54) is 12.8 Å². The maximum Gasteiger partial charge on any atom is 0.321 e. The molecule has 4 heteroatoms. The van der Waals surface area contributed by atoms with Crippen LogP contribution in [0.15, 0.2) is 18.2 Å². The van der Waals surface area contributed by atoms with Gasteiger partial charge in [-0.15, -0.1) is 0 Å². The quantitative estimate of drug-likeness (QED) is 0.870. The largest absolute Gasteiger partial charge is 0.389 e. The number of likely N-dealkylation sites (tertiary alicyclic amines) is 1. The lowest BCUT2D eigenvalue weighted by atomic mass is 9.78. The van der Waals surface area contributed by atoms with Gasteiger partial charge >= 0.3 is 6.03 Å². The van der Waals surface area contributed by atoms with Crippen molar-refractivity contribution in [3.63, 3.8) is 0 Å². The summed E-state index contributed by atoms with van der Waals surface area (Å²) in [6.07, 6.45) is 6.18. The van der Waals surface area contributed by atoms with E-state index in [0.29, 0.717) is 31.8 Å². The van der Waals surface area contributed by atoms with Gasteiger partial charge < -0.3 is 15.3 Å². The monoisotopic (exact) mass is 316 g/mol. The molecule has 4 nitrogen and oxygen atoms in total. The number of carbonyl (C=O) groups excluding carboxylic acids is 1. The van der Waals surface area contributed by atoms with Gasteiger partial charge in [-0.1, -0.05) is 18.9 Å². The third-order valence-electron chi connectivity index (χ3n) is 5.50. The van der Waals surface area contributed by atoms with Gasteiger partial charge in [0.15, 0.2) is 0 Å². The average molecular weight is 316 g/mol. The second-order valence-electron chi connectivity index (χ2n) is 7.38. The molecule has 2 amide bonds. The fraction of sp³-hybridized carbons (Fsp3) is 0.632. The highest BCUT2D eigenvalue weighted by Gasteiger charge is 2.41. The van der Waals surface area contributed by atoms with Crippen LogP contribution < -0.4 is 5.32 Å². The minimum absolute atomic E-state index is 0.0523. The molecule has 1 heterocycles. The zero-order chi connectivity index (χ0) is 16.4. The lowest BCUT2D eigenvalue weighted by Crippen LogP contribution is -2.50. The van der Waals surface area contributed by atoms with E-state index < -0.39 is 5.60 Å². The molecule has 1 saturated heterocycles. The molecule has 3 rings (SSSR count). The maximum atomic E-state index is 12.5. The number of anilines is 1. The van der Waals surface area contributed by atoms with Crippen LogP contribution in [0.2, 0.25) is 0 Å². The molecular formula is C19H28N2O2. The number of nitrogens with one attached hydrogen (secondary N) is 1. The van der Waals surface area contributed by atoms with E-state index >= 15 is 0 Å². The first kappa shape index (κ1) is 16.3. The molecule has 1 saturated carbocycles. The van der Waals surface area contributed by atoms with Gasteiger partial charge in [-0.05, 0) is 68.7 Å². The van der Waals surface area contributed by atoms with Gasteiger partial charge in [-0.3, -0.25) is 0 Å². The Morgan fingerprint density at radius 3 is 2.26 bits per heavy atom. The van der Waals surface area contributed by atoms with E-state index in [1.54, 1.807) is 0 Å². The molecule has 1 aliphatic heterocycles. The Balaban J connectivity index is 1.57. The number of aliphatic hydroxyl groups is 1. The molecule has 0 atom stereocenters. The minimum atomic E-state index is -0.548. The highest BCUT2D eigenvalue weighted by Crippen LogP contribution is 2.40. The Labute approximate surface area is 138 Å². The summed E-state index contributed by atoms with van der Waals surface area (Å²) in [5, 5.41) is 13.9. The van der Waals surface area contributed by atoms with Gasteiger partial charge in [0.2, 0.25) is 0 Å². The highest BCUT2D eigenvalue weighted by atomic mass is 16.3. The van der Waals surface area contributed by atoms with Gasteiger partial charge in [-0.2, -0.15) is 0 Å². The van der Waals surface area contributed by atoms with Crippen LogP contribution in [0.5, 0.6) is 0 Å². The standard InChI is InChI=1S/C19H28N2O2/c1-14-11-15(2)13-17(12-14)20-18(22)21-9-7-19(23,8-10-21)16-5-3-4-6-16/h11-13,16,23H,3-10H2,1-2H3,(H,20,22). The molecule has 0 spiro atoms. The third kappa shape index (κ3) is 3.69. The number of hydrogen-bond acceptors (Lipinski definition) is 2. The van der Waals surface area contributed by atoms with E-state index in [-0.39, 0.29) is 6.03 Å². The number of benzene rings is 1. The number of piperidine rings is 1. The molecule has 2 N–H and O–H groups in total. The maximum absolute atomic E-state index is 12.5. The fourth-order valence-electron chi connectivity index (χ4n) is 4.22. The molecular weight excluding hydrogens is 288 g/mol. The fourth-order valence-corrected chi connectivity index (χ4v) is 4.22. The smallest absolute Gasteiger partial charge is 0.321 e. The van der Waals surface area contributed by atoms with Gasteiger partial charge in [-0.25, -0.2) is 4.79 Å². The van der Waals surface area contributed by atoms with Crippen LogP contribution in [-0.2, 0) is 0 Å². The van der Waals surface area contributed by atoms with Crippen molar-refractivity contribution >= 4 is 11.7 Å². The minimum Gasteiger partial charge on any atom is -0.389 e. The topological polar surface area (TPSA) is 52.6 Å². The van der Waals surface area contributed by atoms with Crippen LogP contribution in [0, 0.1) is 19.8 Å². The summed E-state index contributed by atoms with van der Waals surface area (Å²) < 4.78 is 0. The average Bonchev–Trinajstić information content (AvgIpc) is 3.01. The number of urea groups is 1.